The first-order valence-corrected chi connectivity index (χ1v) is 6.19. The Morgan fingerprint density at radius 2 is 2.18 bits per heavy atom. The van der Waals surface area contributed by atoms with Crippen molar-refractivity contribution in [1.29, 1.82) is 0 Å². The molecule has 0 radical (unpaired) electrons. The average Bonchev–Trinajstić information content (AvgIpc) is 2.21. The third kappa shape index (κ3) is 2.12. The SMILES string of the molecule is O=C(C1CCC1)N1CC(Oc2ccccn2)C1. The van der Waals surface area contributed by atoms with E-state index in [1.165, 1.54) is 6.42 Å². The zero-order chi connectivity index (χ0) is 11.7. The second-order valence-electron chi connectivity index (χ2n) is 4.78. The van der Waals surface area contributed by atoms with Gasteiger partial charge >= 0.3 is 0 Å². The fourth-order valence-corrected chi connectivity index (χ4v) is 2.19. The summed E-state index contributed by atoms with van der Waals surface area (Å²) in [6.45, 7) is 1.43. The summed E-state index contributed by atoms with van der Waals surface area (Å²) in [5, 5.41) is 0. The van der Waals surface area contributed by atoms with Gasteiger partial charge in [-0.25, -0.2) is 4.98 Å². The maximum absolute atomic E-state index is 11.9. The summed E-state index contributed by atoms with van der Waals surface area (Å²) in [4.78, 5) is 17.9. The molecule has 4 nitrogen and oxygen atoms in total. The zero-order valence-corrected chi connectivity index (χ0v) is 9.71. The molecule has 2 aliphatic rings. The first kappa shape index (κ1) is 10.6. The van der Waals surface area contributed by atoms with Gasteiger partial charge in [0, 0.05) is 18.2 Å². The van der Waals surface area contributed by atoms with Crippen molar-refractivity contribution in [3.8, 4) is 5.88 Å². The van der Waals surface area contributed by atoms with Crippen LogP contribution in [0.15, 0.2) is 24.4 Å². The molecule has 1 amide bonds. The van der Waals surface area contributed by atoms with Crippen molar-refractivity contribution < 1.29 is 9.53 Å². The number of carbonyl (C=O) groups excluding carboxylic acids is 1. The number of aromatic nitrogens is 1. The van der Waals surface area contributed by atoms with Crippen molar-refractivity contribution in [3.63, 3.8) is 0 Å². The maximum Gasteiger partial charge on any atom is 0.225 e. The summed E-state index contributed by atoms with van der Waals surface area (Å²) in [6.07, 6.45) is 5.18. The Morgan fingerprint density at radius 3 is 2.76 bits per heavy atom. The van der Waals surface area contributed by atoms with Crippen molar-refractivity contribution >= 4 is 5.91 Å². The highest BCUT2D eigenvalue weighted by Crippen LogP contribution is 2.30. The van der Waals surface area contributed by atoms with Gasteiger partial charge in [0.05, 0.1) is 13.1 Å². The van der Waals surface area contributed by atoms with E-state index in [9.17, 15) is 4.79 Å². The summed E-state index contributed by atoms with van der Waals surface area (Å²) in [7, 11) is 0. The van der Waals surface area contributed by atoms with Crippen molar-refractivity contribution in [1.82, 2.24) is 9.88 Å². The summed E-state index contributed by atoms with van der Waals surface area (Å²) in [6, 6.07) is 5.61. The first-order chi connectivity index (χ1) is 8.33. The van der Waals surface area contributed by atoms with Crippen LogP contribution in [0, 0.1) is 5.92 Å². The van der Waals surface area contributed by atoms with Crippen LogP contribution in [0.25, 0.3) is 0 Å². The Labute approximate surface area is 101 Å². The highest BCUT2D eigenvalue weighted by molar-refractivity contribution is 5.80. The number of carbonyl (C=O) groups is 1. The molecule has 0 bridgehead atoms. The molecule has 90 valence electrons. The topological polar surface area (TPSA) is 42.4 Å². The van der Waals surface area contributed by atoms with Crippen LogP contribution in [-0.4, -0.2) is 35.0 Å². The Hall–Kier alpha value is -1.58. The van der Waals surface area contributed by atoms with Crippen LogP contribution in [-0.2, 0) is 4.79 Å². The molecule has 17 heavy (non-hydrogen) atoms. The van der Waals surface area contributed by atoms with E-state index in [-0.39, 0.29) is 6.10 Å². The van der Waals surface area contributed by atoms with E-state index < -0.39 is 0 Å². The molecular weight excluding hydrogens is 216 g/mol. The number of rotatable bonds is 3. The van der Waals surface area contributed by atoms with E-state index in [1.807, 2.05) is 23.1 Å². The Morgan fingerprint density at radius 1 is 1.35 bits per heavy atom. The predicted octanol–water partition coefficient (Wildman–Crippen LogP) is 1.47. The third-order valence-electron chi connectivity index (χ3n) is 3.54. The Balaban J connectivity index is 1.47. The Kier molecular flexibility index (Phi) is 2.71. The van der Waals surface area contributed by atoms with Gasteiger partial charge in [0.25, 0.3) is 0 Å². The highest BCUT2D eigenvalue weighted by atomic mass is 16.5. The second kappa shape index (κ2) is 4.35. The monoisotopic (exact) mass is 232 g/mol. The molecule has 0 atom stereocenters. The minimum Gasteiger partial charge on any atom is -0.471 e. The van der Waals surface area contributed by atoms with E-state index >= 15 is 0 Å². The smallest absolute Gasteiger partial charge is 0.225 e. The van der Waals surface area contributed by atoms with E-state index in [2.05, 4.69) is 4.98 Å². The first-order valence-electron chi connectivity index (χ1n) is 6.19. The number of pyridine rings is 1. The molecule has 1 saturated carbocycles. The van der Waals surface area contributed by atoms with Gasteiger partial charge in [-0.2, -0.15) is 0 Å². The van der Waals surface area contributed by atoms with Gasteiger partial charge in [0.1, 0.15) is 6.10 Å². The molecule has 1 aromatic rings. The molecule has 1 aliphatic carbocycles. The molecule has 0 unspecified atom stereocenters. The molecular formula is C13H16N2O2. The van der Waals surface area contributed by atoms with Gasteiger partial charge in [-0.15, -0.1) is 0 Å². The van der Waals surface area contributed by atoms with Crippen molar-refractivity contribution in [2.24, 2.45) is 5.92 Å². The number of hydrogen-bond acceptors (Lipinski definition) is 3. The van der Waals surface area contributed by atoms with Crippen molar-refractivity contribution in [3.05, 3.63) is 24.4 Å². The number of nitrogens with zero attached hydrogens (tertiary/aromatic N) is 2. The van der Waals surface area contributed by atoms with Crippen molar-refractivity contribution in [2.45, 2.75) is 25.4 Å². The molecule has 2 fully saturated rings. The molecule has 0 aromatic carbocycles. The minimum absolute atomic E-state index is 0.119. The van der Waals surface area contributed by atoms with Gasteiger partial charge in [-0.1, -0.05) is 12.5 Å². The summed E-state index contributed by atoms with van der Waals surface area (Å²) in [5.74, 6) is 1.26. The molecule has 0 N–H and O–H groups in total. The van der Waals surface area contributed by atoms with Crippen LogP contribution >= 0.6 is 0 Å². The van der Waals surface area contributed by atoms with E-state index in [0.29, 0.717) is 30.8 Å². The van der Waals surface area contributed by atoms with Gasteiger partial charge in [-0.05, 0) is 18.9 Å². The van der Waals surface area contributed by atoms with Gasteiger partial charge in [-0.3, -0.25) is 4.79 Å². The van der Waals surface area contributed by atoms with Crippen LogP contribution < -0.4 is 4.74 Å². The van der Waals surface area contributed by atoms with Crippen LogP contribution in [0.2, 0.25) is 0 Å². The fraction of sp³-hybridized carbons (Fsp3) is 0.538. The quantitative estimate of drug-likeness (QED) is 0.792. The Bertz CT molecular complexity index is 397. The molecule has 1 saturated heterocycles. The number of likely N-dealkylation sites (tertiary alicyclic amines) is 1. The van der Waals surface area contributed by atoms with Gasteiger partial charge in [0.2, 0.25) is 11.8 Å². The molecule has 1 aromatic heterocycles. The van der Waals surface area contributed by atoms with E-state index in [0.717, 1.165) is 12.8 Å². The maximum atomic E-state index is 11.9. The fourth-order valence-electron chi connectivity index (χ4n) is 2.19. The number of ether oxygens (including phenoxy) is 1. The lowest BCUT2D eigenvalue weighted by molar-refractivity contribution is -0.147. The summed E-state index contributed by atoms with van der Waals surface area (Å²) >= 11 is 0. The van der Waals surface area contributed by atoms with Gasteiger partial charge in [0.15, 0.2) is 0 Å². The second-order valence-corrected chi connectivity index (χ2v) is 4.78. The largest absolute Gasteiger partial charge is 0.471 e. The molecule has 0 spiro atoms. The summed E-state index contributed by atoms with van der Waals surface area (Å²) < 4.78 is 5.66. The normalized spacial score (nSPS) is 20.6. The van der Waals surface area contributed by atoms with E-state index in [4.69, 9.17) is 4.74 Å². The summed E-state index contributed by atoms with van der Waals surface area (Å²) in [5.41, 5.74) is 0. The lowest BCUT2D eigenvalue weighted by atomic mass is 9.83. The molecule has 1 aliphatic heterocycles. The highest BCUT2D eigenvalue weighted by Gasteiger charge is 2.37. The predicted molar refractivity (Wildman–Crippen MR) is 62.6 cm³/mol. The standard InChI is InChI=1S/C13H16N2O2/c16-13(10-4-3-5-10)15-8-11(9-15)17-12-6-1-2-7-14-12/h1-2,6-7,10-11H,3-5,8-9H2. The molecule has 2 heterocycles. The van der Waals surface area contributed by atoms with E-state index in [1.54, 1.807) is 6.20 Å². The molecule has 3 rings (SSSR count). The lowest BCUT2D eigenvalue weighted by Gasteiger charge is -2.42. The average molecular weight is 232 g/mol. The third-order valence-corrected chi connectivity index (χ3v) is 3.54. The number of hydrogen-bond donors (Lipinski definition) is 0. The minimum atomic E-state index is 0.119. The van der Waals surface area contributed by atoms with Crippen LogP contribution in [0.3, 0.4) is 0 Å². The van der Waals surface area contributed by atoms with Crippen LogP contribution in [0.4, 0.5) is 0 Å². The van der Waals surface area contributed by atoms with Crippen LogP contribution in [0.5, 0.6) is 5.88 Å². The number of amides is 1. The van der Waals surface area contributed by atoms with Crippen LogP contribution in [0.1, 0.15) is 19.3 Å². The lowest BCUT2D eigenvalue weighted by Crippen LogP contribution is -2.58. The van der Waals surface area contributed by atoms with Crippen molar-refractivity contribution in [2.75, 3.05) is 13.1 Å². The molecule has 4 heteroatoms. The van der Waals surface area contributed by atoms with Gasteiger partial charge < -0.3 is 9.64 Å². The zero-order valence-electron chi connectivity index (χ0n) is 9.71.